The van der Waals surface area contributed by atoms with Crippen molar-refractivity contribution in [2.45, 2.75) is 19.9 Å². The first-order valence-corrected chi connectivity index (χ1v) is 11.4. The SMILES string of the molecule is CCOC(=O)Cc1ccccc1NC(=O)c1cc(-c2cccc(CN)c2)c2oc(N(C)C)nc2c1. The van der Waals surface area contributed by atoms with E-state index in [0.717, 1.165) is 16.7 Å². The molecule has 0 atom stereocenters. The first kappa shape index (κ1) is 24.0. The van der Waals surface area contributed by atoms with Gasteiger partial charge in [-0.1, -0.05) is 36.4 Å². The number of para-hydroxylation sites is 1. The molecule has 3 aromatic carbocycles. The summed E-state index contributed by atoms with van der Waals surface area (Å²) in [6.07, 6.45) is 0.0654. The number of oxazole rings is 1. The Morgan fingerprint density at radius 2 is 1.89 bits per heavy atom. The minimum absolute atomic E-state index is 0.0654. The number of anilines is 2. The van der Waals surface area contributed by atoms with Gasteiger partial charge in [0.2, 0.25) is 0 Å². The van der Waals surface area contributed by atoms with Gasteiger partial charge in [0.15, 0.2) is 5.58 Å². The number of fused-ring (bicyclic) bond motifs is 1. The highest BCUT2D eigenvalue weighted by molar-refractivity contribution is 6.08. The molecule has 0 bridgehead atoms. The minimum Gasteiger partial charge on any atom is -0.466 e. The number of carbonyl (C=O) groups is 2. The van der Waals surface area contributed by atoms with Gasteiger partial charge >= 0.3 is 5.97 Å². The van der Waals surface area contributed by atoms with Crippen LogP contribution in [-0.2, 0) is 22.5 Å². The van der Waals surface area contributed by atoms with E-state index in [2.05, 4.69) is 10.3 Å². The van der Waals surface area contributed by atoms with E-state index in [1.165, 1.54) is 0 Å². The van der Waals surface area contributed by atoms with Crippen LogP contribution in [0.3, 0.4) is 0 Å². The van der Waals surface area contributed by atoms with E-state index >= 15 is 0 Å². The molecule has 3 N–H and O–H groups in total. The lowest BCUT2D eigenvalue weighted by atomic mass is 9.99. The average molecular weight is 473 g/mol. The number of nitrogens with one attached hydrogen (secondary N) is 1. The van der Waals surface area contributed by atoms with Gasteiger partial charge in [-0.2, -0.15) is 4.98 Å². The summed E-state index contributed by atoms with van der Waals surface area (Å²) in [5.41, 5.74) is 11.2. The number of rotatable bonds is 8. The summed E-state index contributed by atoms with van der Waals surface area (Å²) in [6.45, 7) is 2.45. The highest BCUT2D eigenvalue weighted by Gasteiger charge is 2.19. The van der Waals surface area contributed by atoms with E-state index < -0.39 is 0 Å². The predicted molar refractivity (Wildman–Crippen MR) is 136 cm³/mol. The Balaban J connectivity index is 1.74. The summed E-state index contributed by atoms with van der Waals surface area (Å²) in [5, 5.41) is 2.93. The molecule has 0 aliphatic carbocycles. The molecule has 0 aliphatic rings. The largest absolute Gasteiger partial charge is 0.466 e. The van der Waals surface area contributed by atoms with Crippen molar-refractivity contribution in [3.63, 3.8) is 0 Å². The molecule has 1 heterocycles. The lowest BCUT2D eigenvalue weighted by Crippen LogP contribution is -2.15. The molecule has 1 aromatic heterocycles. The topological polar surface area (TPSA) is 111 Å². The van der Waals surface area contributed by atoms with Crippen LogP contribution in [0.1, 0.15) is 28.4 Å². The van der Waals surface area contributed by atoms with Crippen LogP contribution in [0.25, 0.3) is 22.2 Å². The number of benzene rings is 3. The molecule has 1 amide bonds. The lowest BCUT2D eigenvalue weighted by Gasteiger charge is -2.12. The molecule has 8 heteroatoms. The molecule has 4 aromatic rings. The fourth-order valence-corrected chi connectivity index (χ4v) is 3.78. The highest BCUT2D eigenvalue weighted by atomic mass is 16.5. The molecule has 8 nitrogen and oxygen atoms in total. The molecule has 0 saturated heterocycles. The van der Waals surface area contributed by atoms with Gasteiger partial charge in [0.1, 0.15) is 5.52 Å². The second-order valence-corrected chi connectivity index (χ2v) is 8.26. The zero-order valence-corrected chi connectivity index (χ0v) is 20.0. The van der Waals surface area contributed by atoms with Crippen molar-refractivity contribution in [3.8, 4) is 11.1 Å². The van der Waals surface area contributed by atoms with E-state index in [-0.39, 0.29) is 18.3 Å². The van der Waals surface area contributed by atoms with Gasteiger partial charge in [-0.25, -0.2) is 0 Å². The van der Waals surface area contributed by atoms with Crippen LogP contribution < -0.4 is 16.0 Å². The van der Waals surface area contributed by atoms with E-state index in [9.17, 15) is 9.59 Å². The number of amides is 1. The number of nitrogens with two attached hydrogens (primary N) is 1. The Labute approximate surface area is 203 Å². The summed E-state index contributed by atoms with van der Waals surface area (Å²) in [7, 11) is 3.68. The van der Waals surface area contributed by atoms with E-state index in [1.807, 2.05) is 44.4 Å². The van der Waals surface area contributed by atoms with Crippen molar-refractivity contribution in [1.82, 2.24) is 4.98 Å². The molecular formula is C27H28N4O4. The monoisotopic (exact) mass is 472 g/mol. The molecule has 0 unspecified atom stereocenters. The van der Waals surface area contributed by atoms with Gasteiger partial charge in [-0.15, -0.1) is 0 Å². The molecule has 35 heavy (non-hydrogen) atoms. The molecule has 0 fully saturated rings. The number of ether oxygens (including phenoxy) is 1. The van der Waals surface area contributed by atoms with Crippen LogP contribution in [0.2, 0.25) is 0 Å². The molecule has 180 valence electrons. The fraction of sp³-hybridized carbons (Fsp3) is 0.222. The summed E-state index contributed by atoms with van der Waals surface area (Å²) in [6, 6.07) is 18.9. The number of aromatic nitrogens is 1. The average Bonchev–Trinajstić information content (AvgIpc) is 3.29. The molecule has 4 rings (SSSR count). The van der Waals surface area contributed by atoms with Crippen molar-refractivity contribution in [3.05, 3.63) is 77.4 Å². The van der Waals surface area contributed by atoms with E-state index in [1.54, 1.807) is 42.2 Å². The Morgan fingerprint density at radius 1 is 1.09 bits per heavy atom. The quantitative estimate of drug-likeness (QED) is 0.366. The molecule has 0 saturated carbocycles. The van der Waals surface area contributed by atoms with Gasteiger partial charge in [0.05, 0.1) is 13.0 Å². The standard InChI is InChI=1S/C27H28N4O4/c1-4-34-24(32)15-19-9-5-6-11-22(19)29-26(33)20-13-21(18-10-7-8-17(12-18)16-28)25-23(14-20)30-27(35-25)31(2)3/h5-14H,4,15-16,28H2,1-3H3,(H,29,33). The number of hydrogen-bond donors (Lipinski definition) is 2. The first-order valence-electron chi connectivity index (χ1n) is 11.4. The van der Waals surface area contributed by atoms with Gasteiger partial charge in [0, 0.05) is 37.5 Å². The maximum Gasteiger partial charge on any atom is 0.310 e. The van der Waals surface area contributed by atoms with Crippen LogP contribution in [0, 0.1) is 0 Å². The van der Waals surface area contributed by atoms with Crippen LogP contribution in [0.4, 0.5) is 11.7 Å². The molecule has 0 radical (unpaired) electrons. The second-order valence-electron chi connectivity index (χ2n) is 8.26. The molecule has 0 aliphatic heterocycles. The second kappa shape index (κ2) is 10.4. The van der Waals surface area contributed by atoms with E-state index in [4.69, 9.17) is 14.9 Å². The summed E-state index contributed by atoms with van der Waals surface area (Å²) in [4.78, 5) is 31.7. The number of carbonyl (C=O) groups excluding carboxylic acids is 2. The third-order valence-corrected chi connectivity index (χ3v) is 5.50. The number of nitrogens with zero attached hydrogens (tertiary/aromatic N) is 2. The maximum absolute atomic E-state index is 13.4. The van der Waals surface area contributed by atoms with Crippen molar-refractivity contribution in [1.29, 1.82) is 0 Å². The summed E-state index contributed by atoms with van der Waals surface area (Å²) in [5.74, 6) is -0.676. The Hall–Kier alpha value is -4.17. The minimum atomic E-state index is -0.350. The van der Waals surface area contributed by atoms with Gasteiger partial charge < -0.3 is 25.1 Å². The lowest BCUT2D eigenvalue weighted by molar-refractivity contribution is -0.142. The fourth-order valence-electron chi connectivity index (χ4n) is 3.78. The van der Waals surface area contributed by atoms with Crippen molar-refractivity contribution in [2.24, 2.45) is 5.73 Å². The molecule has 0 spiro atoms. The zero-order chi connectivity index (χ0) is 24.9. The molecular weight excluding hydrogens is 444 g/mol. The van der Waals surface area contributed by atoms with Gasteiger partial charge in [-0.3, -0.25) is 9.59 Å². The summed E-state index contributed by atoms with van der Waals surface area (Å²) < 4.78 is 11.1. The first-order chi connectivity index (χ1) is 16.9. The third kappa shape index (κ3) is 5.33. The Morgan fingerprint density at radius 3 is 2.63 bits per heavy atom. The van der Waals surface area contributed by atoms with Crippen LogP contribution in [-0.4, -0.2) is 37.6 Å². The van der Waals surface area contributed by atoms with E-state index in [0.29, 0.717) is 47.1 Å². The smallest absolute Gasteiger partial charge is 0.310 e. The van der Waals surface area contributed by atoms with Crippen molar-refractivity contribution in [2.75, 3.05) is 30.9 Å². The normalized spacial score (nSPS) is 10.9. The van der Waals surface area contributed by atoms with Crippen molar-refractivity contribution < 1.29 is 18.7 Å². The van der Waals surface area contributed by atoms with Gasteiger partial charge in [0.25, 0.3) is 11.9 Å². The van der Waals surface area contributed by atoms with Crippen LogP contribution >= 0.6 is 0 Å². The van der Waals surface area contributed by atoms with Crippen LogP contribution in [0.5, 0.6) is 0 Å². The zero-order valence-electron chi connectivity index (χ0n) is 20.0. The highest BCUT2D eigenvalue weighted by Crippen LogP contribution is 2.33. The summed E-state index contributed by atoms with van der Waals surface area (Å²) >= 11 is 0. The van der Waals surface area contributed by atoms with Crippen molar-refractivity contribution >= 4 is 34.7 Å². The van der Waals surface area contributed by atoms with Gasteiger partial charge in [-0.05, 0) is 47.9 Å². The predicted octanol–water partition coefficient (Wildman–Crippen LogP) is 4.38. The Bertz CT molecular complexity index is 1380. The number of esters is 1. The maximum atomic E-state index is 13.4. The third-order valence-electron chi connectivity index (χ3n) is 5.50. The number of hydrogen-bond acceptors (Lipinski definition) is 7. The van der Waals surface area contributed by atoms with Crippen LogP contribution in [0.15, 0.2) is 65.1 Å². The Kier molecular flexibility index (Phi) is 7.12.